The number of aryl methyl sites for hydroxylation is 2. The van der Waals surface area contributed by atoms with E-state index < -0.39 is 10.9 Å². The molecule has 21 heavy (non-hydrogen) atoms. The molecule has 1 aliphatic carbocycles. The fraction of sp³-hybridized carbons (Fsp3) is 0.692. The first kappa shape index (κ1) is 15.3. The lowest BCUT2D eigenvalue weighted by Gasteiger charge is -2.16. The van der Waals surface area contributed by atoms with Crippen molar-refractivity contribution in [2.75, 3.05) is 11.9 Å². The number of carbonyl (C=O) groups is 1. The molecule has 0 saturated heterocycles. The van der Waals surface area contributed by atoms with E-state index in [1.54, 1.807) is 7.05 Å². The molecule has 2 atom stereocenters. The first-order chi connectivity index (χ1) is 9.95. The number of anilines is 1. The third kappa shape index (κ3) is 2.98. The van der Waals surface area contributed by atoms with E-state index >= 15 is 0 Å². The molecule has 1 heterocycles. The number of hydrogen-bond acceptors (Lipinski definition) is 5. The summed E-state index contributed by atoms with van der Waals surface area (Å²) in [6.07, 6.45) is 2.87. The fourth-order valence-corrected chi connectivity index (χ4v) is 3.03. The molecule has 1 aromatic rings. The van der Waals surface area contributed by atoms with Crippen LogP contribution in [0.25, 0.3) is 0 Å². The molecular formula is C13H20N4O4. The molecule has 1 fully saturated rings. The first-order valence-corrected chi connectivity index (χ1v) is 7.12. The molecule has 2 N–H and O–H groups in total. The Morgan fingerprint density at radius 2 is 2.29 bits per heavy atom. The van der Waals surface area contributed by atoms with Crippen LogP contribution in [0.2, 0.25) is 0 Å². The van der Waals surface area contributed by atoms with Crippen LogP contribution in [0.3, 0.4) is 0 Å². The highest BCUT2D eigenvalue weighted by atomic mass is 16.6. The van der Waals surface area contributed by atoms with E-state index in [1.807, 2.05) is 6.92 Å². The quantitative estimate of drug-likeness (QED) is 0.611. The summed E-state index contributed by atoms with van der Waals surface area (Å²) in [5.41, 5.74) is 0.427. The standard InChI is InChI=1S/C13H20N4O4/c1-3-10-11(17(20)21)12(16(2)15-10)14-7-8-5-4-6-9(8)13(18)19/h8-9,14H,3-7H2,1-2H3,(H,18,19). The zero-order valence-corrected chi connectivity index (χ0v) is 12.2. The lowest BCUT2D eigenvalue weighted by Crippen LogP contribution is -2.25. The Labute approximate surface area is 122 Å². The third-order valence-electron chi connectivity index (χ3n) is 4.12. The van der Waals surface area contributed by atoms with Crippen LogP contribution < -0.4 is 5.32 Å². The van der Waals surface area contributed by atoms with Crippen molar-refractivity contribution in [3.63, 3.8) is 0 Å². The van der Waals surface area contributed by atoms with Crippen LogP contribution in [0.5, 0.6) is 0 Å². The summed E-state index contributed by atoms with van der Waals surface area (Å²) >= 11 is 0. The SMILES string of the molecule is CCc1nn(C)c(NCC2CCCC2C(=O)O)c1[N+](=O)[O-]. The van der Waals surface area contributed by atoms with Crippen LogP contribution in [0.4, 0.5) is 11.5 Å². The molecule has 8 heteroatoms. The molecule has 8 nitrogen and oxygen atoms in total. The van der Waals surface area contributed by atoms with Crippen LogP contribution in [0.15, 0.2) is 0 Å². The van der Waals surface area contributed by atoms with E-state index in [-0.39, 0.29) is 17.5 Å². The fourth-order valence-electron chi connectivity index (χ4n) is 3.03. The number of hydrogen-bond donors (Lipinski definition) is 2. The van der Waals surface area contributed by atoms with E-state index in [4.69, 9.17) is 5.11 Å². The topological polar surface area (TPSA) is 110 Å². The normalized spacial score (nSPS) is 21.4. The molecule has 1 aromatic heterocycles. The minimum absolute atomic E-state index is 0.00193. The van der Waals surface area contributed by atoms with E-state index in [2.05, 4.69) is 10.4 Å². The van der Waals surface area contributed by atoms with Gasteiger partial charge in [0.15, 0.2) is 0 Å². The average Bonchev–Trinajstić information content (AvgIpc) is 3.00. The summed E-state index contributed by atoms with van der Waals surface area (Å²) in [5.74, 6) is -0.793. The van der Waals surface area contributed by atoms with Gasteiger partial charge in [0.25, 0.3) is 0 Å². The monoisotopic (exact) mass is 296 g/mol. The number of aromatic nitrogens is 2. The van der Waals surface area contributed by atoms with Crippen molar-refractivity contribution in [2.24, 2.45) is 18.9 Å². The molecule has 1 saturated carbocycles. The zero-order chi connectivity index (χ0) is 15.6. The van der Waals surface area contributed by atoms with Crippen molar-refractivity contribution in [1.29, 1.82) is 0 Å². The maximum absolute atomic E-state index is 11.2. The highest BCUT2D eigenvalue weighted by molar-refractivity contribution is 5.71. The van der Waals surface area contributed by atoms with Crippen molar-refractivity contribution in [3.05, 3.63) is 15.8 Å². The minimum atomic E-state index is -0.784. The maximum Gasteiger partial charge on any atom is 0.333 e. The van der Waals surface area contributed by atoms with Gasteiger partial charge in [-0.05, 0) is 25.2 Å². The second kappa shape index (κ2) is 6.11. The van der Waals surface area contributed by atoms with Crippen molar-refractivity contribution in [1.82, 2.24) is 9.78 Å². The molecule has 0 aliphatic heterocycles. The Balaban J connectivity index is 2.15. The van der Waals surface area contributed by atoms with Gasteiger partial charge in [-0.1, -0.05) is 13.3 Å². The van der Waals surface area contributed by atoms with Crippen LogP contribution in [0.1, 0.15) is 31.9 Å². The van der Waals surface area contributed by atoms with Gasteiger partial charge in [-0.25, -0.2) is 4.68 Å². The molecule has 0 bridgehead atoms. The maximum atomic E-state index is 11.2. The highest BCUT2D eigenvalue weighted by Crippen LogP contribution is 2.34. The lowest BCUT2D eigenvalue weighted by molar-refractivity contribution is -0.384. The van der Waals surface area contributed by atoms with Crippen LogP contribution in [-0.4, -0.2) is 32.3 Å². The summed E-state index contributed by atoms with van der Waals surface area (Å²) < 4.78 is 1.46. The van der Waals surface area contributed by atoms with Gasteiger partial charge in [-0.3, -0.25) is 14.9 Å². The number of nitro groups is 1. The molecular weight excluding hydrogens is 276 g/mol. The number of nitrogens with one attached hydrogen (secondary N) is 1. The van der Waals surface area contributed by atoms with Gasteiger partial charge in [0.1, 0.15) is 5.69 Å². The smallest absolute Gasteiger partial charge is 0.333 e. The van der Waals surface area contributed by atoms with Gasteiger partial charge in [0.2, 0.25) is 5.82 Å². The van der Waals surface area contributed by atoms with Crippen LogP contribution in [0, 0.1) is 22.0 Å². The van der Waals surface area contributed by atoms with E-state index in [1.165, 1.54) is 4.68 Å². The van der Waals surface area contributed by atoms with Gasteiger partial charge in [-0.15, -0.1) is 0 Å². The molecule has 116 valence electrons. The van der Waals surface area contributed by atoms with E-state index in [0.29, 0.717) is 30.9 Å². The van der Waals surface area contributed by atoms with E-state index in [9.17, 15) is 14.9 Å². The van der Waals surface area contributed by atoms with Gasteiger partial charge >= 0.3 is 11.7 Å². The minimum Gasteiger partial charge on any atom is -0.481 e. The predicted octanol–water partition coefficient (Wildman–Crippen LogP) is 1.80. The van der Waals surface area contributed by atoms with Gasteiger partial charge in [0, 0.05) is 13.6 Å². The summed E-state index contributed by atoms with van der Waals surface area (Å²) in [5, 5.41) is 27.6. The number of carboxylic acids is 1. The lowest BCUT2D eigenvalue weighted by atomic mass is 9.96. The Morgan fingerprint density at radius 1 is 1.57 bits per heavy atom. The van der Waals surface area contributed by atoms with Gasteiger partial charge in [0.05, 0.1) is 10.8 Å². The van der Waals surface area contributed by atoms with Crippen LogP contribution >= 0.6 is 0 Å². The second-order valence-electron chi connectivity index (χ2n) is 5.39. The van der Waals surface area contributed by atoms with Crippen LogP contribution in [-0.2, 0) is 18.3 Å². The summed E-state index contributed by atoms with van der Waals surface area (Å²) in [4.78, 5) is 21.9. The third-order valence-corrected chi connectivity index (χ3v) is 4.12. The molecule has 2 rings (SSSR count). The Hall–Kier alpha value is -2.12. The highest BCUT2D eigenvalue weighted by Gasteiger charge is 2.34. The molecule has 0 spiro atoms. The number of carboxylic acid groups (broad SMARTS) is 1. The zero-order valence-electron chi connectivity index (χ0n) is 12.2. The molecule has 0 radical (unpaired) electrons. The number of nitrogens with zero attached hydrogens (tertiary/aromatic N) is 3. The van der Waals surface area contributed by atoms with Gasteiger partial charge < -0.3 is 10.4 Å². The first-order valence-electron chi connectivity index (χ1n) is 7.12. The Bertz CT molecular complexity index is 555. The predicted molar refractivity (Wildman–Crippen MR) is 76.2 cm³/mol. The summed E-state index contributed by atoms with van der Waals surface area (Å²) in [6, 6.07) is 0. The second-order valence-corrected chi connectivity index (χ2v) is 5.39. The average molecular weight is 296 g/mol. The summed E-state index contributed by atoms with van der Waals surface area (Å²) in [7, 11) is 1.65. The summed E-state index contributed by atoms with van der Waals surface area (Å²) in [6.45, 7) is 2.23. The Kier molecular flexibility index (Phi) is 4.44. The van der Waals surface area contributed by atoms with Crippen molar-refractivity contribution < 1.29 is 14.8 Å². The van der Waals surface area contributed by atoms with Crippen molar-refractivity contribution in [3.8, 4) is 0 Å². The molecule has 2 unspecified atom stereocenters. The largest absolute Gasteiger partial charge is 0.481 e. The van der Waals surface area contributed by atoms with Crippen molar-refractivity contribution in [2.45, 2.75) is 32.6 Å². The number of rotatable bonds is 6. The van der Waals surface area contributed by atoms with E-state index in [0.717, 1.165) is 12.8 Å². The Morgan fingerprint density at radius 3 is 2.86 bits per heavy atom. The van der Waals surface area contributed by atoms with Crippen molar-refractivity contribution >= 4 is 17.5 Å². The molecule has 0 aromatic carbocycles. The van der Waals surface area contributed by atoms with Gasteiger partial charge in [-0.2, -0.15) is 5.10 Å². The number of aliphatic carboxylic acids is 1. The molecule has 1 aliphatic rings. The molecule has 0 amide bonds.